The number of allylic oxidation sites excluding steroid dienone is 1. The highest BCUT2D eigenvalue weighted by Crippen LogP contribution is 2.36. The van der Waals surface area contributed by atoms with Crippen LogP contribution >= 0.6 is 0 Å². The first kappa shape index (κ1) is 21.2. The summed E-state index contributed by atoms with van der Waals surface area (Å²) < 4.78 is 13.5. The van der Waals surface area contributed by atoms with E-state index >= 15 is 0 Å². The van der Waals surface area contributed by atoms with Crippen molar-refractivity contribution in [1.82, 2.24) is 15.2 Å². The van der Waals surface area contributed by atoms with Gasteiger partial charge in [0.15, 0.2) is 0 Å². The topological polar surface area (TPSA) is 57.6 Å². The maximum atomic E-state index is 13.5. The summed E-state index contributed by atoms with van der Waals surface area (Å²) in [7, 11) is 0. The molecule has 2 aliphatic rings. The Balaban J connectivity index is 1.80. The number of nitrogens with zero attached hydrogens (tertiary/aromatic N) is 3. The molecular weight excluding hydrogens is 367 g/mol. The number of rotatable bonds is 6. The van der Waals surface area contributed by atoms with Gasteiger partial charge in [-0.05, 0) is 72.7 Å². The molecule has 2 fully saturated rings. The standard InChI is InChI=1S/C23H31FN4O/c1-14(2)20(15(3)21(25-6)27-23(5)10-11-23)22(29)28-12-9-17(13-28)19-8-7-18(24)16(4)26-19/h7-8,17,27H,6,9-13H2,1-5H3/b21-15-. The van der Waals surface area contributed by atoms with Crippen molar-refractivity contribution >= 4 is 12.6 Å². The largest absolute Gasteiger partial charge is 0.365 e. The molecule has 5 nitrogen and oxygen atoms in total. The van der Waals surface area contributed by atoms with Crippen LogP contribution in [0, 0.1) is 12.7 Å². The Morgan fingerprint density at radius 1 is 1.34 bits per heavy atom. The Labute approximate surface area is 172 Å². The highest BCUT2D eigenvalue weighted by molar-refractivity contribution is 5.98. The smallest absolute Gasteiger partial charge is 0.254 e. The third-order valence-electron chi connectivity index (χ3n) is 5.96. The van der Waals surface area contributed by atoms with E-state index in [1.807, 2.05) is 25.7 Å². The van der Waals surface area contributed by atoms with Gasteiger partial charge in [-0.3, -0.25) is 9.78 Å². The fourth-order valence-corrected chi connectivity index (χ4v) is 3.85. The summed E-state index contributed by atoms with van der Waals surface area (Å²) in [5.74, 6) is 0.517. The number of carbonyl (C=O) groups excluding carboxylic acids is 1. The van der Waals surface area contributed by atoms with Gasteiger partial charge in [0.1, 0.15) is 11.6 Å². The van der Waals surface area contributed by atoms with Gasteiger partial charge in [-0.2, -0.15) is 0 Å². The first-order valence-corrected chi connectivity index (χ1v) is 10.2. The van der Waals surface area contributed by atoms with E-state index in [0.29, 0.717) is 30.2 Å². The van der Waals surface area contributed by atoms with Crippen molar-refractivity contribution in [2.45, 2.75) is 65.3 Å². The molecule has 1 N–H and O–H groups in total. The van der Waals surface area contributed by atoms with Crippen molar-refractivity contribution in [3.05, 3.63) is 51.9 Å². The monoisotopic (exact) mass is 398 g/mol. The normalized spacial score (nSPS) is 20.8. The second-order valence-corrected chi connectivity index (χ2v) is 8.73. The minimum Gasteiger partial charge on any atom is -0.365 e. The van der Waals surface area contributed by atoms with Gasteiger partial charge in [0, 0.05) is 41.4 Å². The molecule has 1 aromatic heterocycles. The molecule has 1 aromatic rings. The molecule has 1 aliphatic carbocycles. The van der Waals surface area contributed by atoms with Crippen LogP contribution in [0.15, 0.2) is 39.7 Å². The van der Waals surface area contributed by atoms with E-state index in [1.54, 1.807) is 13.0 Å². The Morgan fingerprint density at radius 2 is 2.03 bits per heavy atom. The summed E-state index contributed by atoms with van der Waals surface area (Å²) in [6.45, 7) is 14.6. The Hall–Kier alpha value is -2.50. The quantitative estimate of drug-likeness (QED) is 0.443. The summed E-state index contributed by atoms with van der Waals surface area (Å²) in [5.41, 5.74) is 3.78. The highest BCUT2D eigenvalue weighted by Gasteiger charge is 2.38. The molecule has 1 unspecified atom stereocenters. The zero-order valence-electron chi connectivity index (χ0n) is 18.1. The maximum Gasteiger partial charge on any atom is 0.254 e. The van der Waals surface area contributed by atoms with Crippen molar-refractivity contribution < 1.29 is 9.18 Å². The average Bonchev–Trinajstić information content (AvgIpc) is 3.19. The van der Waals surface area contributed by atoms with Gasteiger partial charge in [0.05, 0.1) is 5.69 Å². The summed E-state index contributed by atoms with van der Waals surface area (Å²) in [6, 6.07) is 3.19. The molecule has 0 spiro atoms. The minimum atomic E-state index is -0.298. The molecule has 1 saturated carbocycles. The summed E-state index contributed by atoms with van der Waals surface area (Å²) in [6.07, 6.45) is 3.01. The number of nitrogens with one attached hydrogen (secondary N) is 1. The van der Waals surface area contributed by atoms with E-state index in [1.165, 1.54) is 6.07 Å². The molecule has 1 amide bonds. The fourth-order valence-electron chi connectivity index (χ4n) is 3.85. The van der Waals surface area contributed by atoms with Crippen molar-refractivity contribution in [3.8, 4) is 0 Å². The number of amides is 1. The highest BCUT2D eigenvalue weighted by atomic mass is 19.1. The SMILES string of the molecule is C=N/C(NC1(C)CC1)=C(\C)C(C(=O)N1CCC(c2ccc(F)c(C)n2)C1)=C(C)C. The van der Waals surface area contributed by atoms with E-state index in [2.05, 4.69) is 28.9 Å². The second kappa shape index (κ2) is 8.09. The third-order valence-corrected chi connectivity index (χ3v) is 5.96. The maximum absolute atomic E-state index is 13.5. The molecule has 3 rings (SSSR count). The lowest BCUT2D eigenvalue weighted by atomic mass is 10.0. The van der Waals surface area contributed by atoms with E-state index in [0.717, 1.165) is 36.1 Å². The number of likely N-dealkylation sites (tertiary alicyclic amines) is 1. The molecule has 0 aromatic carbocycles. The van der Waals surface area contributed by atoms with Crippen LogP contribution in [0.25, 0.3) is 0 Å². The van der Waals surface area contributed by atoms with Crippen LogP contribution in [0.5, 0.6) is 0 Å². The first-order valence-electron chi connectivity index (χ1n) is 10.2. The minimum absolute atomic E-state index is 0.00716. The van der Waals surface area contributed by atoms with Gasteiger partial charge in [0.25, 0.3) is 5.91 Å². The van der Waals surface area contributed by atoms with Crippen LogP contribution in [0.1, 0.15) is 64.3 Å². The fraction of sp³-hybridized carbons (Fsp3) is 0.522. The van der Waals surface area contributed by atoms with Crippen LogP contribution in [0.3, 0.4) is 0 Å². The second-order valence-electron chi connectivity index (χ2n) is 8.73. The Bertz CT molecular complexity index is 894. The molecule has 29 heavy (non-hydrogen) atoms. The van der Waals surface area contributed by atoms with E-state index in [4.69, 9.17) is 0 Å². The van der Waals surface area contributed by atoms with Crippen molar-refractivity contribution in [3.63, 3.8) is 0 Å². The molecule has 1 saturated heterocycles. The molecule has 156 valence electrons. The molecule has 0 bridgehead atoms. The predicted octanol–water partition coefficient (Wildman–Crippen LogP) is 4.26. The number of halogens is 1. The van der Waals surface area contributed by atoms with Crippen LogP contribution in [-0.4, -0.2) is 41.1 Å². The zero-order valence-corrected chi connectivity index (χ0v) is 18.1. The number of pyridine rings is 1. The van der Waals surface area contributed by atoms with Crippen molar-refractivity contribution in [2.24, 2.45) is 4.99 Å². The summed E-state index contributed by atoms with van der Waals surface area (Å²) >= 11 is 0. The predicted molar refractivity (Wildman–Crippen MR) is 114 cm³/mol. The number of aromatic nitrogens is 1. The molecule has 6 heteroatoms. The third kappa shape index (κ3) is 4.57. The first-order chi connectivity index (χ1) is 13.6. The van der Waals surface area contributed by atoms with Gasteiger partial charge in [-0.1, -0.05) is 5.57 Å². The van der Waals surface area contributed by atoms with Crippen LogP contribution in [0.4, 0.5) is 4.39 Å². The molecule has 2 heterocycles. The average molecular weight is 399 g/mol. The number of aryl methyl sites for hydroxylation is 1. The van der Waals surface area contributed by atoms with E-state index < -0.39 is 0 Å². The zero-order chi connectivity index (χ0) is 21.3. The van der Waals surface area contributed by atoms with Gasteiger partial charge in [0.2, 0.25) is 0 Å². The number of hydrogen-bond acceptors (Lipinski definition) is 4. The van der Waals surface area contributed by atoms with E-state index in [-0.39, 0.29) is 23.2 Å². The Morgan fingerprint density at radius 3 is 2.59 bits per heavy atom. The van der Waals surface area contributed by atoms with Crippen molar-refractivity contribution in [1.29, 1.82) is 0 Å². The molecule has 1 atom stereocenters. The molecular formula is C23H31FN4O. The number of carbonyl (C=O) groups is 1. The van der Waals surface area contributed by atoms with Crippen molar-refractivity contribution in [2.75, 3.05) is 13.1 Å². The summed E-state index contributed by atoms with van der Waals surface area (Å²) in [4.78, 5) is 23.8. The lowest BCUT2D eigenvalue weighted by Crippen LogP contribution is -2.32. The lowest BCUT2D eigenvalue weighted by molar-refractivity contribution is -0.126. The lowest BCUT2D eigenvalue weighted by Gasteiger charge is -2.22. The number of hydrogen-bond donors (Lipinski definition) is 1. The van der Waals surface area contributed by atoms with Gasteiger partial charge < -0.3 is 10.2 Å². The van der Waals surface area contributed by atoms with Crippen LogP contribution < -0.4 is 5.32 Å². The van der Waals surface area contributed by atoms with Gasteiger partial charge >= 0.3 is 0 Å². The van der Waals surface area contributed by atoms with E-state index in [9.17, 15) is 9.18 Å². The summed E-state index contributed by atoms with van der Waals surface area (Å²) in [5, 5.41) is 3.44. The Kier molecular flexibility index (Phi) is 5.92. The van der Waals surface area contributed by atoms with Gasteiger partial charge in [-0.15, -0.1) is 0 Å². The molecule has 0 radical (unpaired) electrons. The number of aliphatic imine (C=N–C) groups is 1. The van der Waals surface area contributed by atoms with Crippen LogP contribution in [-0.2, 0) is 4.79 Å². The van der Waals surface area contributed by atoms with Gasteiger partial charge in [-0.25, -0.2) is 9.38 Å². The molecule has 1 aliphatic heterocycles. The van der Waals surface area contributed by atoms with Crippen LogP contribution in [0.2, 0.25) is 0 Å².